The fourth-order valence-corrected chi connectivity index (χ4v) is 2.79. The molecule has 7 heteroatoms. The van der Waals surface area contributed by atoms with E-state index in [1.54, 1.807) is 44.7 Å². The molecular weight excluding hydrogens is 378 g/mol. The van der Waals surface area contributed by atoms with Crippen LogP contribution in [0.15, 0.2) is 54.9 Å². The van der Waals surface area contributed by atoms with Crippen molar-refractivity contribution >= 4 is 34.6 Å². The quantitative estimate of drug-likeness (QED) is 0.608. The minimum atomic E-state index is -0.275. The molecule has 144 valence electrons. The summed E-state index contributed by atoms with van der Waals surface area (Å²) in [6.45, 7) is 1.90. The number of hydrogen-bond donors (Lipinski definition) is 2. The number of amides is 1. The van der Waals surface area contributed by atoms with Gasteiger partial charge < -0.3 is 20.1 Å². The van der Waals surface area contributed by atoms with E-state index in [4.69, 9.17) is 21.1 Å². The maximum Gasteiger partial charge on any atom is 0.257 e. The van der Waals surface area contributed by atoms with Crippen molar-refractivity contribution in [1.82, 2.24) is 4.98 Å². The predicted octanol–water partition coefficient (Wildman–Crippen LogP) is 5.06. The van der Waals surface area contributed by atoms with Crippen LogP contribution < -0.4 is 20.1 Å². The van der Waals surface area contributed by atoms with Gasteiger partial charge in [-0.2, -0.15) is 0 Å². The van der Waals surface area contributed by atoms with E-state index in [1.165, 1.54) is 6.20 Å². The van der Waals surface area contributed by atoms with Crippen molar-refractivity contribution in [3.63, 3.8) is 0 Å². The number of halogens is 1. The third-order valence-corrected chi connectivity index (χ3v) is 4.37. The summed E-state index contributed by atoms with van der Waals surface area (Å²) in [5.74, 6) is 1.03. The number of nitrogens with zero attached hydrogens (tertiary/aromatic N) is 1. The van der Waals surface area contributed by atoms with E-state index in [9.17, 15) is 4.79 Å². The van der Waals surface area contributed by atoms with Gasteiger partial charge in [0.15, 0.2) is 0 Å². The molecule has 0 saturated carbocycles. The summed E-state index contributed by atoms with van der Waals surface area (Å²) in [4.78, 5) is 16.8. The van der Waals surface area contributed by atoms with Crippen LogP contribution in [0.25, 0.3) is 0 Å². The summed E-state index contributed by atoms with van der Waals surface area (Å²) < 4.78 is 10.6. The lowest BCUT2D eigenvalue weighted by Crippen LogP contribution is -2.13. The third-order valence-electron chi connectivity index (χ3n) is 4.14. The lowest BCUT2D eigenvalue weighted by Gasteiger charge is -2.13. The number of pyridine rings is 1. The summed E-state index contributed by atoms with van der Waals surface area (Å²) in [6, 6.07) is 12.5. The lowest BCUT2D eigenvalue weighted by molar-refractivity contribution is 0.102. The molecule has 1 heterocycles. The van der Waals surface area contributed by atoms with Crippen LogP contribution >= 0.6 is 11.6 Å². The number of carbonyl (C=O) groups excluding carboxylic acids is 1. The average Bonchev–Trinajstić information content (AvgIpc) is 2.71. The van der Waals surface area contributed by atoms with Gasteiger partial charge in [-0.15, -0.1) is 0 Å². The topological polar surface area (TPSA) is 72.5 Å². The van der Waals surface area contributed by atoms with Crippen molar-refractivity contribution in [2.75, 3.05) is 24.9 Å². The van der Waals surface area contributed by atoms with Crippen LogP contribution in [0.1, 0.15) is 15.9 Å². The molecule has 1 amide bonds. The molecule has 6 nitrogen and oxygen atoms in total. The minimum absolute atomic E-state index is 0.275. The Bertz CT molecular complexity index is 1010. The molecule has 0 spiro atoms. The summed E-state index contributed by atoms with van der Waals surface area (Å²) in [5, 5.41) is 6.63. The number of rotatable bonds is 6. The zero-order chi connectivity index (χ0) is 20.1. The predicted molar refractivity (Wildman–Crippen MR) is 111 cm³/mol. The van der Waals surface area contributed by atoms with Gasteiger partial charge in [-0.05, 0) is 42.8 Å². The normalized spacial score (nSPS) is 10.3. The Labute approximate surface area is 168 Å². The van der Waals surface area contributed by atoms with Crippen LogP contribution in [0.2, 0.25) is 5.02 Å². The third kappa shape index (κ3) is 4.53. The van der Waals surface area contributed by atoms with Crippen LogP contribution in [-0.4, -0.2) is 25.1 Å². The maximum absolute atomic E-state index is 12.6. The summed E-state index contributed by atoms with van der Waals surface area (Å²) in [5.41, 5.74) is 3.37. The number of ether oxygens (including phenoxy) is 2. The van der Waals surface area contributed by atoms with Gasteiger partial charge in [-0.1, -0.05) is 17.7 Å². The Balaban J connectivity index is 1.80. The summed E-state index contributed by atoms with van der Waals surface area (Å²) >= 11 is 6.02. The van der Waals surface area contributed by atoms with Crippen LogP contribution in [0.4, 0.5) is 17.1 Å². The van der Waals surface area contributed by atoms with E-state index < -0.39 is 0 Å². The largest absolute Gasteiger partial charge is 0.497 e. The SMILES string of the molecule is COc1ccc(Nc2cncc(C(=O)Nc3cc(Cl)ccc3C)c2)c(OC)c1. The molecule has 3 aromatic rings. The second-order valence-corrected chi connectivity index (χ2v) is 6.50. The van der Waals surface area contributed by atoms with Crippen LogP contribution in [-0.2, 0) is 0 Å². The smallest absolute Gasteiger partial charge is 0.257 e. The second kappa shape index (κ2) is 8.63. The van der Waals surface area contributed by atoms with Crippen molar-refractivity contribution in [1.29, 1.82) is 0 Å². The number of nitrogens with one attached hydrogen (secondary N) is 2. The van der Waals surface area contributed by atoms with Gasteiger partial charge in [0, 0.05) is 23.0 Å². The number of aromatic nitrogens is 1. The van der Waals surface area contributed by atoms with Gasteiger partial charge in [-0.25, -0.2) is 0 Å². The highest BCUT2D eigenvalue weighted by molar-refractivity contribution is 6.31. The Morgan fingerprint density at radius 1 is 1.00 bits per heavy atom. The van der Waals surface area contributed by atoms with E-state index in [0.717, 1.165) is 11.3 Å². The highest BCUT2D eigenvalue weighted by atomic mass is 35.5. The molecule has 0 fully saturated rings. The first-order valence-electron chi connectivity index (χ1n) is 8.52. The molecule has 2 N–H and O–H groups in total. The molecule has 0 aliphatic rings. The van der Waals surface area contributed by atoms with E-state index in [1.807, 2.05) is 25.1 Å². The van der Waals surface area contributed by atoms with Crippen molar-refractivity contribution in [3.05, 3.63) is 71.0 Å². The van der Waals surface area contributed by atoms with Crippen LogP contribution in [0.5, 0.6) is 11.5 Å². The van der Waals surface area contributed by atoms with E-state index in [0.29, 0.717) is 33.5 Å². The number of hydrogen-bond acceptors (Lipinski definition) is 5. The molecule has 1 aromatic heterocycles. The molecular formula is C21H20ClN3O3. The Kier molecular flexibility index (Phi) is 6.01. The van der Waals surface area contributed by atoms with Crippen molar-refractivity contribution in [2.24, 2.45) is 0 Å². The van der Waals surface area contributed by atoms with Crippen LogP contribution in [0.3, 0.4) is 0 Å². The Hall–Kier alpha value is -3.25. The maximum atomic E-state index is 12.6. The molecule has 0 radical (unpaired) electrons. The molecule has 0 unspecified atom stereocenters. The van der Waals surface area contributed by atoms with Gasteiger partial charge in [0.25, 0.3) is 5.91 Å². The highest BCUT2D eigenvalue weighted by Crippen LogP contribution is 2.31. The second-order valence-electron chi connectivity index (χ2n) is 6.07. The fraction of sp³-hybridized carbons (Fsp3) is 0.143. The van der Waals surface area contributed by atoms with E-state index in [2.05, 4.69) is 15.6 Å². The van der Waals surface area contributed by atoms with Crippen molar-refractivity contribution < 1.29 is 14.3 Å². The van der Waals surface area contributed by atoms with E-state index >= 15 is 0 Å². The summed E-state index contributed by atoms with van der Waals surface area (Å²) in [7, 11) is 3.17. The number of carbonyl (C=O) groups is 1. The zero-order valence-corrected chi connectivity index (χ0v) is 16.5. The van der Waals surface area contributed by atoms with Gasteiger partial charge in [0.05, 0.1) is 37.4 Å². The van der Waals surface area contributed by atoms with Gasteiger partial charge in [-0.3, -0.25) is 9.78 Å². The monoisotopic (exact) mass is 397 g/mol. The van der Waals surface area contributed by atoms with E-state index in [-0.39, 0.29) is 5.91 Å². The number of anilines is 3. The lowest BCUT2D eigenvalue weighted by atomic mass is 10.2. The number of methoxy groups -OCH3 is 2. The van der Waals surface area contributed by atoms with Crippen molar-refractivity contribution in [3.8, 4) is 11.5 Å². The highest BCUT2D eigenvalue weighted by Gasteiger charge is 2.11. The molecule has 0 atom stereocenters. The van der Waals surface area contributed by atoms with Gasteiger partial charge in [0.1, 0.15) is 11.5 Å². The minimum Gasteiger partial charge on any atom is -0.497 e. The summed E-state index contributed by atoms with van der Waals surface area (Å²) in [6.07, 6.45) is 3.14. The van der Waals surface area contributed by atoms with Gasteiger partial charge >= 0.3 is 0 Å². The molecule has 2 aromatic carbocycles. The number of aryl methyl sites for hydroxylation is 1. The molecule has 0 bridgehead atoms. The standard InChI is InChI=1S/C21H20ClN3O3/c1-13-4-5-15(22)9-19(13)25-21(26)14-8-16(12-23-11-14)24-18-7-6-17(27-2)10-20(18)28-3/h4-12,24H,1-3H3,(H,25,26). The molecule has 0 aliphatic carbocycles. The first-order chi connectivity index (χ1) is 13.5. The van der Waals surface area contributed by atoms with Gasteiger partial charge in [0.2, 0.25) is 0 Å². The molecule has 3 rings (SSSR count). The average molecular weight is 398 g/mol. The molecule has 0 aliphatic heterocycles. The van der Waals surface area contributed by atoms with Crippen molar-refractivity contribution in [2.45, 2.75) is 6.92 Å². The molecule has 28 heavy (non-hydrogen) atoms. The molecule has 0 saturated heterocycles. The Morgan fingerprint density at radius 2 is 1.82 bits per heavy atom. The van der Waals surface area contributed by atoms with Crippen LogP contribution in [0, 0.1) is 6.92 Å². The fourth-order valence-electron chi connectivity index (χ4n) is 2.61. The Morgan fingerprint density at radius 3 is 2.57 bits per heavy atom. The first-order valence-corrected chi connectivity index (χ1v) is 8.89. The first kappa shape index (κ1) is 19.5. The number of benzene rings is 2. The zero-order valence-electron chi connectivity index (χ0n) is 15.7.